The first-order valence-corrected chi connectivity index (χ1v) is 4.95. The summed E-state index contributed by atoms with van der Waals surface area (Å²) in [6, 6.07) is 7.90. The minimum absolute atomic E-state index is 0.0912. The van der Waals surface area contributed by atoms with Crippen LogP contribution in [0.1, 0.15) is 24.2 Å². The Balaban J connectivity index is 2.42. The molecule has 1 heterocycles. The molecule has 0 radical (unpaired) electrons. The van der Waals surface area contributed by atoms with Gasteiger partial charge in [-0.05, 0) is 25.5 Å². The minimum Gasteiger partial charge on any atom is -0.444 e. The highest BCUT2D eigenvalue weighted by Gasteiger charge is 2.10. The van der Waals surface area contributed by atoms with Crippen LogP contribution in [0.4, 0.5) is 0 Å². The van der Waals surface area contributed by atoms with Gasteiger partial charge in [0.25, 0.3) is 0 Å². The third kappa shape index (κ3) is 1.92. The fourth-order valence-corrected chi connectivity index (χ4v) is 1.43. The molecular weight excluding hydrogens is 188 g/mol. The van der Waals surface area contributed by atoms with Crippen LogP contribution >= 0.6 is 0 Å². The highest BCUT2D eigenvalue weighted by molar-refractivity contribution is 5.58. The van der Waals surface area contributed by atoms with Gasteiger partial charge < -0.3 is 10.2 Å². The average Bonchev–Trinajstić information content (AvgIpc) is 2.67. The van der Waals surface area contributed by atoms with E-state index < -0.39 is 0 Å². The summed E-state index contributed by atoms with van der Waals surface area (Å²) in [7, 11) is 0. The molecule has 0 bridgehead atoms. The van der Waals surface area contributed by atoms with Crippen LogP contribution in [0.5, 0.6) is 0 Å². The van der Waals surface area contributed by atoms with Gasteiger partial charge in [-0.25, -0.2) is 4.98 Å². The SMILES string of the molecule is Cc1ccccc1-c1nc(C(C)N)co1. The maximum atomic E-state index is 5.72. The van der Waals surface area contributed by atoms with Gasteiger partial charge in [0.1, 0.15) is 6.26 Å². The molecular formula is C12H14N2O. The van der Waals surface area contributed by atoms with Crippen LogP contribution in [0.25, 0.3) is 11.5 Å². The third-order valence-corrected chi connectivity index (χ3v) is 2.36. The maximum absolute atomic E-state index is 5.72. The lowest BCUT2D eigenvalue weighted by Gasteiger charge is -1.99. The number of aryl methyl sites for hydroxylation is 1. The van der Waals surface area contributed by atoms with Crippen molar-refractivity contribution < 1.29 is 4.42 Å². The van der Waals surface area contributed by atoms with E-state index in [1.54, 1.807) is 6.26 Å². The smallest absolute Gasteiger partial charge is 0.226 e. The van der Waals surface area contributed by atoms with Gasteiger partial charge in [-0.2, -0.15) is 0 Å². The second-order valence-corrected chi connectivity index (χ2v) is 3.68. The summed E-state index contributed by atoms with van der Waals surface area (Å²) in [6.45, 7) is 3.92. The molecule has 15 heavy (non-hydrogen) atoms. The molecule has 1 unspecified atom stereocenters. The van der Waals surface area contributed by atoms with Crippen molar-refractivity contribution in [3.8, 4) is 11.5 Å². The molecule has 1 aromatic heterocycles. The standard InChI is InChI=1S/C12H14N2O/c1-8-5-3-4-6-10(8)12-14-11(7-15-12)9(2)13/h3-7,9H,13H2,1-2H3. The van der Waals surface area contributed by atoms with E-state index in [0.717, 1.165) is 16.8 Å². The number of rotatable bonds is 2. The second-order valence-electron chi connectivity index (χ2n) is 3.68. The number of nitrogens with zero attached hydrogens (tertiary/aromatic N) is 1. The molecule has 2 N–H and O–H groups in total. The van der Waals surface area contributed by atoms with E-state index in [1.165, 1.54) is 0 Å². The van der Waals surface area contributed by atoms with Crippen molar-refractivity contribution in [3.63, 3.8) is 0 Å². The van der Waals surface area contributed by atoms with Gasteiger partial charge in [0.15, 0.2) is 0 Å². The fraction of sp³-hybridized carbons (Fsp3) is 0.250. The Kier molecular flexibility index (Phi) is 2.56. The molecule has 1 aromatic carbocycles. The van der Waals surface area contributed by atoms with Crippen LogP contribution in [0.3, 0.4) is 0 Å². The molecule has 78 valence electrons. The van der Waals surface area contributed by atoms with Gasteiger partial charge in [0, 0.05) is 11.6 Å². The van der Waals surface area contributed by atoms with E-state index in [9.17, 15) is 0 Å². The van der Waals surface area contributed by atoms with Crippen molar-refractivity contribution in [1.29, 1.82) is 0 Å². The summed E-state index contributed by atoms with van der Waals surface area (Å²) >= 11 is 0. The average molecular weight is 202 g/mol. The molecule has 0 aliphatic heterocycles. The summed E-state index contributed by atoms with van der Waals surface area (Å²) in [5, 5.41) is 0. The minimum atomic E-state index is -0.0912. The quantitative estimate of drug-likeness (QED) is 0.814. The van der Waals surface area contributed by atoms with Crippen LogP contribution in [0.2, 0.25) is 0 Å². The number of benzene rings is 1. The maximum Gasteiger partial charge on any atom is 0.226 e. The number of nitrogens with two attached hydrogens (primary N) is 1. The van der Waals surface area contributed by atoms with Crippen molar-refractivity contribution in [3.05, 3.63) is 41.8 Å². The van der Waals surface area contributed by atoms with Crippen LogP contribution in [-0.4, -0.2) is 4.98 Å². The van der Waals surface area contributed by atoms with Gasteiger partial charge in [-0.15, -0.1) is 0 Å². The summed E-state index contributed by atoms with van der Waals surface area (Å²) in [4.78, 5) is 4.35. The molecule has 0 saturated heterocycles. The molecule has 0 saturated carbocycles. The van der Waals surface area contributed by atoms with E-state index in [4.69, 9.17) is 10.2 Å². The topological polar surface area (TPSA) is 52.0 Å². The van der Waals surface area contributed by atoms with Crippen molar-refractivity contribution in [2.24, 2.45) is 5.73 Å². The van der Waals surface area contributed by atoms with E-state index in [-0.39, 0.29) is 6.04 Å². The number of hydrogen-bond donors (Lipinski definition) is 1. The Morgan fingerprint density at radius 2 is 2.07 bits per heavy atom. The first kappa shape index (κ1) is 9.93. The molecule has 2 aromatic rings. The van der Waals surface area contributed by atoms with Gasteiger partial charge >= 0.3 is 0 Å². The zero-order valence-electron chi connectivity index (χ0n) is 8.90. The normalized spacial score (nSPS) is 12.7. The van der Waals surface area contributed by atoms with Crippen molar-refractivity contribution in [2.75, 3.05) is 0 Å². The van der Waals surface area contributed by atoms with Crippen molar-refractivity contribution in [2.45, 2.75) is 19.9 Å². The molecule has 0 aliphatic rings. The largest absolute Gasteiger partial charge is 0.444 e. The fourth-order valence-electron chi connectivity index (χ4n) is 1.43. The van der Waals surface area contributed by atoms with Crippen molar-refractivity contribution in [1.82, 2.24) is 4.98 Å². The number of hydrogen-bond acceptors (Lipinski definition) is 3. The molecule has 1 atom stereocenters. The van der Waals surface area contributed by atoms with E-state index >= 15 is 0 Å². The highest BCUT2D eigenvalue weighted by atomic mass is 16.3. The zero-order valence-corrected chi connectivity index (χ0v) is 8.90. The van der Waals surface area contributed by atoms with Crippen LogP contribution in [-0.2, 0) is 0 Å². The van der Waals surface area contributed by atoms with Crippen molar-refractivity contribution >= 4 is 0 Å². The highest BCUT2D eigenvalue weighted by Crippen LogP contribution is 2.23. The Hall–Kier alpha value is -1.61. The monoisotopic (exact) mass is 202 g/mol. The zero-order chi connectivity index (χ0) is 10.8. The molecule has 3 nitrogen and oxygen atoms in total. The van der Waals surface area contributed by atoms with Gasteiger partial charge in [-0.3, -0.25) is 0 Å². The van der Waals surface area contributed by atoms with Crippen LogP contribution in [0, 0.1) is 6.92 Å². The van der Waals surface area contributed by atoms with Gasteiger partial charge in [-0.1, -0.05) is 18.2 Å². The predicted molar refractivity (Wildman–Crippen MR) is 59.3 cm³/mol. The van der Waals surface area contributed by atoms with Gasteiger partial charge in [0.2, 0.25) is 5.89 Å². The lowest BCUT2D eigenvalue weighted by molar-refractivity contribution is 0.570. The molecule has 2 rings (SSSR count). The molecule has 0 spiro atoms. The Morgan fingerprint density at radius 3 is 2.67 bits per heavy atom. The number of oxazole rings is 1. The Labute approximate surface area is 88.9 Å². The Morgan fingerprint density at radius 1 is 1.33 bits per heavy atom. The van der Waals surface area contributed by atoms with E-state index in [0.29, 0.717) is 5.89 Å². The summed E-state index contributed by atoms with van der Waals surface area (Å²) in [6.07, 6.45) is 1.62. The molecule has 3 heteroatoms. The summed E-state index contributed by atoms with van der Waals surface area (Å²) in [5.41, 5.74) is 8.67. The predicted octanol–water partition coefficient (Wildman–Crippen LogP) is 2.67. The first-order valence-electron chi connectivity index (χ1n) is 4.95. The lowest BCUT2D eigenvalue weighted by Crippen LogP contribution is -2.04. The molecule has 0 amide bonds. The Bertz CT molecular complexity index is 460. The van der Waals surface area contributed by atoms with Gasteiger partial charge in [0.05, 0.1) is 5.69 Å². The van der Waals surface area contributed by atoms with E-state index in [1.807, 2.05) is 38.1 Å². The van der Waals surface area contributed by atoms with Crippen LogP contribution < -0.4 is 5.73 Å². The van der Waals surface area contributed by atoms with Crippen LogP contribution in [0.15, 0.2) is 34.9 Å². The molecule has 0 fully saturated rings. The first-order chi connectivity index (χ1) is 7.18. The van der Waals surface area contributed by atoms with E-state index in [2.05, 4.69) is 4.98 Å². The lowest BCUT2D eigenvalue weighted by atomic mass is 10.1. The summed E-state index contributed by atoms with van der Waals surface area (Å²) < 4.78 is 5.40. The second kappa shape index (κ2) is 3.87. The summed E-state index contributed by atoms with van der Waals surface area (Å²) in [5.74, 6) is 0.639. The third-order valence-electron chi connectivity index (χ3n) is 2.36. The molecule has 0 aliphatic carbocycles. The number of aromatic nitrogens is 1.